The number of halogens is 3. The number of benzene rings is 1. The van der Waals surface area contributed by atoms with Crippen molar-refractivity contribution in [2.45, 2.75) is 24.6 Å². The molecule has 0 saturated carbocycles. The van der Waals surface area contributed by atoms with Crippen LogP contribution in [-0.4, -0.2) is 38.3 Å². The number of nitrogens with one attached hydrogen (secondary N) is 1. The zero-order valence-corrected chi connectivity index (χ0v) is 12.2. The minimum atomic E-state index is -4.15. The molecule has 0 heterocycles. The lowest BCUT2D eigenvalue weighted by Gasteiger charge is -2.29. The topological polar surface area (TPSA) is 39.1 Å². The van der Waals surface area contributed by atoms with Crippen LogP contribution in [0.1, 0.15) is 18.4 Å². The van der Waals surface area contributed by atoms with Crippen molar-refractivity contribution >= 4 is 0 Å². The highest BCUT2D eigenvalue weighted by Crippen LogP contribution is 2.25. The third-order valence-corrected chi connectivity index (χ3v) is 3.53. The second-order valence-electron chi connectivity index (χ2n) is 5.05. The van der Waals surface area contributed by atoms with E-state index in [1.165, 1.54) is 0 Å². The lowest BCUT2D eigenvalue weighted by atomic mass is 9.88. The van der Waals surface area contributed by atoms with Gasteiger partial charge in [-0.2, -0.15) is 18.4 Å². The smallest absolute Gasteiger partial charge is 0.306 e. The molecule has 1 atom stereocenters. The molecule has 0 fully saturated rings. The first kappa shape index (κ1) is 17.5. The van der Waals surface area contributed by atoms with E-state index in [2.05, 4.69) is 11.4 Å². The molecule has 0 aliphatic rings. The first-order chi connectivity index (χ1) is 9.83. The zero-order chi connectivity index (χ0) is 15.9. The Balaban J connectivity index is 2.67. The summed E-state index contributed by atoms with van der Waals surface area (Å²) in [6.45, 7) is 0.336. The van der Waals surface area contributed by atoms with E-state index in [0.29, 0.717) is 13.0 Å². The molecule has 0 radical (unpaired) electrons. The number of nitriles is 1. The Kier molecular flexibility index (Phi) is 6.19. The van der Waals surface area contributed by atoms with Crippen LogP contribution in [0.25, 0.3) is 0 Å². The molecule has 3 nitrogen and oxygen atoms in total. The fraction of sp³-hybridized carbons (Fsp3) is 0.533. The van der Waals surface area contributed by atoms with Crippen molar-refractivity contribution in [3.8, 4) is 6.07 Å². The summed E-state index contributed by atoms with van der Waals surface area (Å²) >= 11 is 0. The van der Waals surface area contributed by atoms with Crippen molar-refractivity contribution in [3.05, 3.63) is 35.9 Å². The third kappa shape index (κ3) is 5.37. The monoisotopic (exact) mass is 299 g/mol. The summed E-state index contributed by atoms with van der Waals surface area (Å²) < 4.78 is 36.6. The van der Waals surface area contributed by atoms with Crippen molar-refractivity contribution in [2.75, 3.05) is 27.2 Å². The quantitative estimate of drug-likeness (QED) is 0.841. The molecule has 0 amide bonds. The standard InChI is InChI=1S/C15H20F3N3/c1-20-14(12-19,13-6-4-3-5-7-13)8-10-21(2)11-9-15(16,17)18/h3-7,20H,8-11H2,1-2H3. The Hall–Kier alpha value is -1.58. The molecule has 1 N–H and O–H groups in total. The Morgan fingerprint density at radius 2 is 1.71 bits per heavy atom. The van der Waals surface area contributed by atoms with Gasteiger partial charge in [-0.3, -0.25) is 5.32 Å². The predicted octanol–water partition coefficient (Wildman–Crippen LogP) is 2.90. The highest BCUT2D eigenvalue weighted by Gasteiger charge is 2.31. The maximum Gasteiger partial charge on any atom is 0.390 e. The van der Waals surface area contributed by atoms with Gasteiger partial charge in [-0.05, 0) is 26.1 Å². The SMILES string of the molecule is CNC(C#N)(CCN(C)CCC(F)(F)F)c1ccccc1. The number of alkyl halides is 3. The van der Waals surface area contributed by atoms with E-state index in [-0.39, 0.29) is 6.54 Å². The predicted molar refractivity (Wildman–Crippen MR) is 75.6 cm³/mol. The number of hydrogen-bond donors (Lipinski definition) is 1. The van der Waals surface area contributed by atoms with E-state index >= 15 is 0 Å². The van der Waals surface area contributed by atoms with Crippen molar-refractivity contribution < 1.29 is 13.2 Å². The van der Waals surface area contributed by atoms with Gasteiger partial charge >= 0.3 is 6.18 Å². The maximum atomic E-state index is 12.2. The van der Waals surface area contributed by atoms with E-state index in [1.807, 2.05) is 30.3 Å². The summed E-state index contributed by atoms with van der Waals surface area (Å²) in [5, 5.41) is 12.5. The lowest BCUT2D eigenvalue weighted by molar-refractivity contribution is -0.137. The van der Waals surface area contributed by atoms with Gasteiger partial charge in [-0.1, -0.05) is 30.3 Å². The van der Waals surface area contributed by atoms with Gasteiger partial charge in [0.25, 0.3) is 0 Å². The molecule has 0 aliphatic carbocycles. The van der Waals surface area contributed by atoms with Crippen LogP contribution < -0.4 is 5.32 Å². The molecule has 6 heteroatoms. The summed E-state index contributed by atoms with van der Waals surface area (Å²) in [7, 11) is 3.32. The van der Waals surface area contributed by atoms with Crippen LogP contribution in [-0.2, 0) is 5.54 Å². The normalized spacial score (nSPS) is 14.7. The van der Waals surface area contributed by atoms with Crippen LogP contribution in [0.2, 0.25) is 0 Å². The largest absolute Gasteiger partial charge is 0.390 e. The molecule has 0 saturated heterocycles. The lowest BCUT2D eigenvalue weighted by Crippen LogP contribution is -2.41. The van der Waals surface area contributed by atoms with Crippen molar-refractivity contribution in [1.82, 2.24) is 10.2 Å². The molecule has 21 heavy (non-hydrogen) atoms. The molecule has 0 bridgehead atoms. The Morgan fingerprint density at radius 3 is 2.19 bits per heavy atom. The van der Waals surface area contributed by atoms with Gasteiger partial charge in [0.1, 0.15) is 5.54 Å². The fourth-order valence-corrected chi connectivity index (χ4v) is 2.10. The minimum absolute atomic E-state index is 0.0660. The molecule has 116 valence electrons. The summed E-state index contributed by atoms with van der Waals surface area (Å²) in [4.78, 5) is 1.60. The first-order valence-corrected chi connectivity index (χ1v) is 6.74. The molecule has 0 spiro atoms. The Bertz CT molecular complexity index is 467. The second kappa shape index (κ2) is 7.43. The first-order valence-electron chi connectivity index (χ1n) is 6.74. The van der Waals surface area contributed by atoms with E-state index < -0.39 is 18.1 Å². The second-order valence-corrected chi connectivity index (χ2v) is 5.05. The highest BCUT2D eigenvalue weighted by molar-refractivity contribution is 5.31. The Labute approximate surface area is 123 Å². The average molecular weight is 299 g/mol. The van der Waals surface area contributed by atoms with E-state index in [9.17, 15) is 18.4 Å². The molecular weight excluding hydrogens is 279 g/mol. The molecule has 1 aromatic carbocycles. The van der Waals surface area contributed by atoms with E-state index in [0.717, 1.165) is 5.56 Å². The average Bonchev–Trinajstić information content (AvgIpc) is 2.47. The van der Waals surface area contributed by atoms with Gasteiger partial charge in [0, 0.05) is 13.1 Å². The van der Waals surface area contributed by atoms with Gasteiger partial charge in [-0.25, -0.2) is 0 Å². The summed E-state index contributed by atoms with van der Waals surface area (Å²) in [6, 6.07) is 11.5. The molecule has 1 aromatic rings. The number of rotatable bonds is 7. The summed E-state index contributed by atoms with van der Waals surface area (Å²) in [5.41, 5.74) is -0.0625. The zero-order valence-electron chi connectivity index (χ0n) is 12.2. The van der Waals surface area contributed by atoms with Gasteiger partial charge in [0.15, 0.2) is 0 Å². The maximum absolute atomic E-state index is 12.2. The molecule has 1 rings (SSSR count). The number of nitrogens with zero attached hydrogens (tertiary/aromatic N) is 2. The van der Waals surface area contributed by atoms with E-state index in [4.69, 9.17) is 0 Å². The Morgan fingerprint density at radius 1 is 1.14 bits per heavy atom. The van der Waals surface area contributed by atoms with Crippen LogP contribution in [0.5, 0.6) is 0 Å². The molecule has 0 aromatic heterocycles. The number of hydrogen-bond acceptors (Lipinski definition) is 3. The highest BCUT2D eigenvalue weighted by atomic mass is 19.4. The van der Waals surface area contributed by atoms with Gasteiger partial charge in [-0.15, -0.1) is 0 Å². The van der Waals surface area contributed by atoms with Crippen LogP contribution >= 0.6 is 0 Å². The van der Waals surface area contributed by atoms with Crippen LogP contribution in [0, 0.1) is 11.3 Å². The van der Waals surface area contributed by atoms with Crippen LogP contribution in [0.3, 0.4) is 0 Å². The summed E-state index contributed by atoms with van der Waals surface area (Å²) in [6.07, 6.45) is -4.57. The van der Waals surface area contributed by atoms with Crippen LogP contribution in [0.15, 0.2) is 30.3 Å². The molecule has 1 unspecified atom stereocenters. The molecule has 0 aliphatic heterocycles. The fourth-order valence-electron chi connectivity index (χ4n) is 2.10. The van der Waals surface area contributed by atoms with Crippen molar-refractivity contribution in [3.63, 3.8) is 0 Å². The van der Waals surface area contributed by atoms with Gasteiger partial charge < -0.3 is 4.90 Å². The van der Waals surface area contributed by atoms with Crippen LogP contribution in [0.4, 0.5) is 13.2 Å². The van der Waals surface area contributed by atoms with E-state index in [1.54, 1.807) is 19.0 Å². The minimum Gasteiger partial charge on any atom is -0.306 e. The molecular formula is C15H20F3N3. The van der Waals surface area contributed by atoms with Crippen molar-refractivity contribution in [1.29, 1.82) is 5.26 Å². The van der Waals surface area contributed by atoms with Gasteiger partial charge in [0.05, 0.1) is 12.5 Å². The van der Waals surface area contributed by atoms with Crippen molar-refractivity contribution in [2.24, 2.45) is 0 Å². The summed E-state index contributed by atoms with van der Waals surface area (Å²) in [5.74, 6) is 0. The third-order valence-electron chi connectivity index (χ3n) is 3.53. The van der Waals surface area contributed by atoms with Gasteiger partial charge in [0.2, 0.25) is 0 Å².